The SMILES string of the molecule is COc1cc(-c2cc(-c3ccccc3)nc(SCCC(=O)Nc3cc(C)on3)c2C#N)cc(OC)c1OC. The number of pyridine rings is 1. The Bertz CT molecular complexity index is 1460. The summed E-state index contributed by atoms with van der Waals surface area (Å²) in [6.07, 6.45) is 0.193. The molecule has 0 spiro atoms. The Morgan fingerprint density at radius 2 is 1.74 bits per heavy atom. The van der Waals surface area contributed by atoms with E-state index in [1.165, 1.54) is 18.9 Å². The average Bonchev–Trinajstić information content (AvgIpc) is 3.36. The Hall–Kier alpha value is -4.49. The minimum absolute atomic E-state index is 0.193. The van der Waals surface area contributed by atoms with Crippen LogP contribution in [0.5, 0.6) is 17.2 Å². The quantitative estimate of drug-likeness (QED) is 0.256. The van der Waals surface area contributed by atoms with E-state index in [1.54, 1.807) is 39.3 Å². The van der Waals surface area contributed by atoms with Crippen LogP contribution in [0.3, 0.4) is 0 Å². The van der Waals surface area contributed by atoms with E-state index in [2.05, 4.69) is 16.5 Å². The number of nitrogens with one attached hydrogen (secondary N) is 1. The van der Waals surface area contributed by atoms with Gasteiger partial charge in [0.1, 0.15) is 16.9 Å². The molecule has 0 bridgehead atoms. The number of nitrogens with zero attached hydrogens (tertiary/aromatic N) is 3. The first kappa shape index (κ1) is 26.6. The third-order valence-electron chi connectivity index (χ3n) is 5.61. The lowest BCUT2D eigenvalue weighted by Gasteiger charge is -2.16. The molecule has 0 fully saturated rings. The number of ether oxygens (including phenoxy) is 3. The number of amides is 1. The first-order chi connectivity index (χ1) is 18.5. The van der Waals surface area contributed by atoms with Crippen LogP contribution in [0.1, 0.15) is 17.7 Å². The first-order valence-electron chi connectivity index (χ1n) is 11.6. The molecule has 0 saturated carbocycles. The van der Waals surface area contributed by atoms with Crippen LogP contribution in [0, 0.1) is 18.3 Å². The summed E-state index contributed by atoms with van der Waals surface area (Å²) >= 11 is 1.34. The largest absolute Gasteiger partial charge is 0.493 e. The van der Waals surface area contributed by atoms with E-state index >= 15 is 0 Å². The fraction of sp³-hybridized carbons (Fsp3) is 0.214. The van der Waals surface area contributed by atoms with Gasteiger partial charge < -0.3 is 24.1 Å². The zero-order chi connectivity index (χ0) is 27.1. The minimum atomic E-state index is -0.214. The standard InChI is InChI=1S/C28H26N4O5S/c1-17-12-25(32-37-17)31-26(33)10-11-38-28-21(16-29)20(15-22(30-28)18-8-6-5-7-9-18)19-13-23(34-2)27(36-4)24(14-19)35-3/h5-9,12-15H,10-11H2,1-4H3,(H,31,32,33). The Labute approximate surface area is 224 Å². The van der Waals surface area contributed by atoms with Crippen molar-refractivity contribution in [3.05, 3.63) is 65.9 Å². The Kier molecular flexibility index (Phi) is 8.51. The number of rotatable bonds is 10. The van der Waals surface area contributed by atoms with Gasteiger partial charge in [-0.1, -0.05) is 35.5 Å². The number of hydrogen-bond acceptors (Lipinski definition) is 9. The molecule has 0 saturated heterocycles. The van der Waals surface area contributed by atoms with Gasteiger partial charge in [-0.15, -0.1) is 11.8 Å². The lowest BCUT2D eigenvalue weighted by Crippen LogP contribution is -2.12. The summed E-state index contributed by atoms with van der Waals surface area (Å²) in [6, 6.07) is 19.1. The van der Waals surface area contributed by atoms with Crippen molar-refractivity contribution in [2.45, 2.75) is 18.4 Å². The molecule has 9 nitrogen and oxygen atoms in total. The molecule has 38 heavy (non-hydrogen) atoms. The summed E-state index contributed by atoms with van der Waals surface area (Å²) in [6.45, 7) is 1.75. The third kappa shape index (κ3) is 5.90. The summed E-state index contributed by atoms with van der Waals surface area (Å²) in [5.41, 5.74) is 3.34. The number of carbonyl (C=O) groups excluding carboxylic acids is 1. The van der Waals surface area contributed by atoms with Crippen molar-refractivity contribution < 1.29 is 23.5 Å². The molecule has 194 valence electrons. The molecule has 4 rings (SSSR count). The Morgan fingerprint density at radius 3 is 2.32 bits per heavy atom. The Balaban J connectivity index is 1.72. The van der Waals surface area contributed by atoms with E-state index in [9.17, 15) is 10.1 Å². The number of hydrogen-bond donors (Lipinski definition) is 1. The van der Waals surface area contributed by atoms with E-state index in [1.807, 2.05) is 36.4 Å². The van der Waals surface area contributed by atoms with Gasteiger partial charge in [-0.3, -0.25) is 4.79 Å². The monoisotopic (exact) mass is 530 g/mol. The molecule has 4 aromatic rings. The highest BCUT2D eigenvalue weighted by Gasteiger charge is 2.20. The van der Waals surface area contributed by atoms with Gasteiger partial charge in [-0.25, -0.2) is 4.98 Å². The zero-order valence-corrected chi connectivity index (χ0v) is 22.2. The summed E-state index contributed by atoms with van der Waals surface area (Å²) < 4.78 is 21.5. The van der Waals surface area contributed by atoms with E-state index in [-0.39, 0.29) is 12.3 Å². The summed E-state index contributed by atoms with van der Waals surface area (Å²) in [7, 11) is 4.62. The molecule has 10 heteroatoms. The zero-order valence-electron chi connectivity index (χ0n) is 21.4. The topological polar surface area (TPSA) is 120 Å². The number of aromatic nitrogens is 2. The molecule has 0 aliphatic rings. The van der Waals surface area contributed by atoms with Crippen molar-refractivity contribution in [1.82, 2.24) is 10.1 Å². The molecule has 0 aliphatic carbocycles. The molecular weight excluding hydrogens is 504 g/mol. The highest BCUT2D eigenvalue weighted by molar-refractivity contribution is 7.99. The first-order valence-corrected chi connectivity index (χ1v) is 12.6. The number of carbonyl (C=O) groups is 1. The van der Waals surface area contributed by atoms with Crippen molar-refractivity contribution in [3.63, 3.8) is 0 Å². The van der Waals surface area contributed by atoms with Crippen LogP contribution >= 0.6 is 11.8 Å². The lowest BCUT2D eigenvalue weighted by molar-refractivity contribution is -0.115. The Morgan fingerprint density at radius 1 is 1.03 bits per heavy atom. The van der Waals surface area contributed by atoms with Gasteiger partial charge in [0.2, 0.25) is 11.7 Å². The van der Waals surface area contributed by atoms with Crippen molar-refractivity contribution in [1.29, 1.82) is 5.26 Å². The smallest absolute Gasteiger partial charge is 0.226 e. The molecule has 1 N–H and O–H groups in total. The highest BCUT2D eigenvalue weighted by Crippen LogP contribution is 2.43. The van der Waals surface area contributed by atoms with Gasteiger partial charge in [0.15, 0.2) is 17.3 Å². The maximum absolute atomic E-state index is 12.4. The van der Waals surface area contributed by atoms with Crippen LogP contribution in [0.4, 0.5) is 5.82 Å². The van der Waals surface area contributed by atoms with Crippen LogP contribution in [-0.2, 0) is 4.79 Å². The van der Waals surface area contributed by atoms with Crippen LogP contribution in [0.2, 0.25) is 0 Å². The van der Waals surface area contributed by atoms with E-state index < -0.39 is 0 Å². The molecule has 0 unspecified atom stereocenters. The number of nitriles is 1. The van der Waals surface area contributed by atoms with E-state index in [0.717, 1.165) is 5.56 Å². The van der Waals surface area contributed by atoms with Gasteiger partial charge in [-0.2, -0.15) is 5.26 Å². The molecular formula is C28H26N4O5S. The molecule has 2 heterocycles. The molecule has 2 aromatic heterocycles. The molecule has 2 aromatic carbocycles. The maximum atomic E-state index is 12.4. The third-order valence-corrected chi connectivity index (χ3v) is 6.58. The van der Waals surface area contributed by atoms with Crippen molar-refractivity contribution in [3.8, 4) is 45.7 Å². The molecule has 0 radical (unpaired) electrons. The highest BCUT2D eigenvalue weighted by atomic mass is 32.2. The molecule has 1 amide bonds. The van der Waals surface area contributed by atoms with Gasteiger partial charge in [0.25, 0.3) is 0 Å². The fourth-order valence-electron chi connectivity index (χ4n) is 3.83. The molecule has 0 atom stereocenters. The number of methoxy groups -OCH3 is 3. The van der Waals surface area contributed by atoms with Crippen molar-refractivity contribution in [2.75, 3.05) is 32.4 Å². The van der Waals surface area contributed by atoms with E-state index in [4.69, 9.17) is 23.7 Å². The lowest BCUT2D eigenvalue weighted by atomic mass is 9.98. The van der Waals surface area contributed by atoms with Crippen LogP contribution < -0.4 is 19.5 Å². The number of thioether (sulfide) groups is 1. The van der Waals surface area contributed by atoms with Gasteiger partial charge >= 0.3 is 0 Å². The van der Waals surface area contributed by atoms with Gasteiger partial charge in [0.05, 0.1) is 32.6 Å². The second kappa shape index (κ2) is 12.2. The number of anilines is 1. The number of aryl methyl sites for hydroxylation is 1. The summed E-state index contributed by atoms with van der Waals surface area (Å²) in [5, 5.41) is 17.2. The van der Waals surface area contributed by atoms with Gasteiger partial charge in [0, 0.05) is 29.4 Å². The summed E-state index contributed by atoms with van der Waals surface area (Å²) in [5.74, 6) is 2.55. The summed E-state index contributed by atoms with van der Waals surface area (Å²) in [4.78, 5) is 17.2. The van der Waals surface area contributed by atoms with Crippen molar-refractivity contribution >= 4 is 23.5 Å². The minimum Gasteiger partial charge on any atom is -0.493 e. The van der Waals surface area contributed by atoms with Crippen LogP contribution in [0.25, 0.3) is 22.4 Å². The fourth-order valence-corrected chi connectivity index (χ4v) is 4.77. The predicted molar refractivity (Wildman–Crippen MR) is 145 cm³/mol. The van der Waals surface area contributed by atoms with Crippen molar-refractivity contribution in [2.24, 2.45) is 0 Å². The second-order valence-electron chi connectivity index (χ2n) is 8.10. The molecule has 0 aliphatic heterocycles. The maximum Gasteiger partial charge on any atom is 0.226 e. The van der Waals surface area contributed by atoms with Crippen LogP contribution in [0.15, 0.2) is 64.1 Å². The van der Waals surface area contributed by atoms with Crippen LogP contribution in [-0.4, -0.2) is 43.1 Å². The number of benzene rings is 2. The average molecular weight is 531 g/mol. The second-order valence-corrected chi connectivity index (χ2v) is 9.18. The van der Waals surface area contributed by atoms with E-state index in [0.29, 0.717) is 62.0 Å². The predicted octanol–water partition coefficient (Wildman–Crippen LogP) is 5.73. The van der Waals surface area contributed by atoms with Gasteiger partial charge in [-0.05, 0) is 30.7 Å². The normalized spacial score (nSPS) is 10.5.